The second-order valence-corrected chi connectivity index (χ2v) is 6.04. The van der Waals surface area contributed by atoms with E-state index in [1.807, 2.05) is 26.0 Å². The first kappa shape index (κ1) is 14.9. The van der Waals surface area contributed by atoms with Crippen LogP contribution < -0.4 is 10.1 Å². The number of rotatable bonds is 5. The molecule has 0 aliphatic carbocycles. The van der Waals surface area contributed by atoms with Crippen LogP contribution in [0.15, 0.2) is 46.9 Å². The highest BCUT2D eigenvalue weighted by Crippen LogP contribution is 2.21. The van der Waals surface area contributed by atoms with E-state index in [4.69, 9.17) is 4.74 Å². The summed E-state index contributed by atoms with van der Waals surface area (Å²) in [6.45, 7) is 6.98. The van der Waals surface area contributed by atoms with Crippen LogP contribution in [0.4, 0.5) is 5.69 Å². The molecule has 3 heteroatoms. The number of aryl methyl sites for hydroxylation is 1. The van der Waals surface area contributed by atoms with Gasteiger partial charge < -0.3 is 10.1 Å². The van der Waals surface area contributed by atoms with Crippen molar-refractivity contribution in [1.29, 1.82) is 0 Å². The number of ether oxygens (including phenoxy) is 1. The van der Waals surface area contributed by atoms with Gasteiger partial charge in [-0.25, -0.2) is 0 Å². The first-order valence-corrected chi connectivity index (χ1v) is 7.59. The van der Waals surface area contributed by atoms with E-state index in [0.29, 0.717) is 0 Å². The monoisotopic (exact) mass is 333 g/mol. The van der Waals surface area contributed by atoms with Crippen LogP contribution in [0.1, 0.15) is 25.0 Å². The Morgan fingerprint density at radius 1 is 1.10 bits per heavy atom. The van der Waals surface area contributed by atoms with Gasteiger partial charge in [0.15, 0.2) is 0 Å². The summed E-state index contributed by atoms with van der Waals surface area (Å²) in [6.07, 6.45) is 0.211. The average molecular weight is 334 g/mol. The normalized spacial score (nSPS) is 10.7. The molecule has 2 aromatic carbocycles. The highest BCUT2D eigenvalue weighted by atomic mass is 79.9. The molecule has 1 N–H and O–H groups in total. The molecule has 2 rings (SSSR count). The fraction of sp³-hybridized carbons (Fsp3) is 0.294. The molecule has 0 heterocycles. The van der Waals surface area contributed by atoms with Gasteiger partial charge in [0.2, 0.25) is 0 Å². The molecule has 0 radical (unpaired) electrons. The third-order valence-electron chi connectivity index (χ3n) is 2.98. The summed E-state index contributed by atoms with van der Waals surface area (Å²) in [4.78, 5) is 0. The first-order valence-electron chi connectivity index (χ1n) is 6.80. The van der Waals surface area contributed by atoms with Crippen molar-refractivity contribution in [2.24, 2.45) is 0 Å². The van der Waals surface area contributed by atoms with Gasteiger partial charge >= 0.3 is 0 Å². The van der Waals surface area contributed by atoms with Crippen molar-refractivity contribution in [1.82, 2.24) is 0 Å². The largest absolute Gasteiger partial charge is 0.491 e. The van der Waals surface area contributed by atoms with Crippen LogP contribution in [0.25, 0.3) is 0 Å². The van der Waals surface area contributed by atoms with Gasteiger partial charge in [-0.15, -0.1) is 0 Å². The minimum Gasteiger partial charge on any atom is -0.491 e. The molecule has 0 aromatic heterocycles. The number of benzene rings is 2. The van der Waals surface area contributed by atoms with E-state index in [1.54, 1.807) is 0 Å². The number of hydrogen-bond acceptors (Lipinski definition) is 2. The van der Waals surface area contributed by atoms with E-state index < -0.39 is 0 Å². The van der Waals surface area contributed by atoms with Crippen LogP contribution in [0.2, 0.25) is 0 Å². The van der Waals surface area contributed by atoms with Gasteiger partial charge in [0.05, 0.1) is 6.10 Å². The van der Waals surface area contributed by atoms with E-state index in [-0.39, 0.29) is 6.10 Å². The topological polar surface area (TPSA) is 21.3 Å². The summed E-state index contributed by atoms with van der Waals surface area (Å²) in [5.74, 6) is 0.919. The molecule has 20 heavy (non-hydrogen) atoms. The standard InChI is InChI=1S/C17H20BrNO/c1-12(2)20-16-8-5-14(6-9-16)11-19-17-10-15(18)7-4-13(17)3/h4-10,12,19H,11H2,1-3H3. The summed E-state index contributed by atoms with van der Waals surface area (Å²) < 4.78 is 6.73. The Bertz CT molecular complexity index is 564. The second kappa shape index (κ2) is 6.80. The van der Waals surface area contributed by atoms with Crippen molar-refractivity contribution in [2.75, 3.05) is 5.32 Å². The zero-order chi connectivity index (χ0) is 14.5. The van der Waals surface area contributed by atoms with E-state index >= 15 is 0 Å². The molecular formula is C17H20BrNO. The second-order valence-electron chi connectivity index (χ2n) is 5.12. The van der Waals surface area contributed by atoms with Crippen molar-refractivity contribution in [3.63, 3.8) is 0 Å². The van der Waals surface area contributed by atoms with Gasteiger partial charge in [0.1, 0.15) is 5.75 Å². The number of anilines is 1. The Morgan fingerprint density at radius 2 is 1.80 bits per heavy atom. The van der Waals surface area contributed by atoms with E-state index in [0.717, 1.165) is 22.5 Å². The Balaban J connectivity index is 1.98. The maximum Gasteiger partial charge on any atom is 0.119 e. The molecule has 106 valence electrons. The lowest BCUT2D eigenvalue weighted by Gasteiger charge is -2.12. The third-order valence-corrected chi connectivity index (χ3v) is 3.47. The molecule has 2 aromatic rings. The quantitative estimate of drug-likeness (QED) is 0.816. The van der Waals surface area contributed by atoms with Gasteiger partial charge in [-0.1, -0.05) is 34.1 Å². The van der Waals surface area contributed by atoms with Crippen molar-refractivity contribution >= 4 is 21.6 Å². The summed E-state index contributed by atoms with van der Waals surface area (Å²) in [6, 6.07) is 14.5. The Hall–Kier alpha value is -1.48. The maximum absolute atomic E-state index is 5.64. The molecule has 0 saturated heterocycles. The smallest absolute Gasteiger partial charge is 0.119 e. The van der Waals surface area contributed by atoms with Crippen molar-refractivity contribution < 1.29 is 4.74 Å². The third kappa shape index (κ3) is 4.27. The van der Waals surface area contributed by atoms with Crippen LogP contribution in [-0.2, 0) is 6.54 Å². The van der Waals surface area contributed by atoms with E-state index in [9.17, 15) is 0 Å². The van der Waals surface area contributed by atoms with Crippen LogP contribution in [0.3, 0.4) is 0 Å². The first-order chi connectivity index (χ1) is 9.54. The molecular weight excluding hydrogens is 314 g/mol. The molecule has 0 unspecified atom stereocenters. The lowest BCUT2D eigenvalue weighted by Crippen LogP contribution is -2.05. The lowest BCUT2D eigenvalue weighted by molar-refractivity contribution is 0.242. The van der Waals surface area contributed by atoms with Gasteiger partial charge in [-0.3, -0.25) is 0 Å². The fourth-order valence-electron chi connectivity index (χ4n) is 1.94. The Morgan fingerprint density at radius 3 is 2.45 bits per heavy atom. The molecule has 0 saturated carbocycles. The maximum atomic E-state index is 5.64. The van der Waals surface area contributed by atoms with Crippen LogP contribution >= 0.6 is 15.9 Å². The number of halogens is 1. The minimum absolute atomic E-state index is 0.211. The van der Waals surface area contributed by atoms with Gasteiger partial charge in [-0.05, 0) is 56.2 Å². The Labute approximate surface area is 129 Å². The van der Waals surface area contributed by atoms with Gasteiger partial charge in [0, 0.05) is 16.7 Å². The summed E-state index contributed by atoms with van der Waals surface area (Å²) in [5, 5.41) is 3.46. The molecule has 0 aliphatic rings. The molecule has 0 bridgehead atoms. The van der Waals surface area contributed by atoms with Crippen molar-refractivity contribution in [3.8, 4) is 5.75 Å². The highest BCUT2D eigenvalue weighted by Gasteiger charge is 2.01. The predicted molar refractivity (Wildman–Crippen MR) is 88.4 cm³/mol. The van der Waals surface area contributed by atoms with Gasteiger partial charge in [0.25, 0.3) is 0 Å². The van der Waals surface area contributed by atoms with Crippen molar-refractivity contribution in [3.05, 3.63) is 58.1 Å². The molecule has 0 aliphatic heterocycles. The SMILES string of the molecule is Cc1ccc(Br)cc1NCc1ccc(OC(C)C)cc1. The van der Waals surface area contributed by atoms with Crippen molar-refractivity contribution in [2.45, 2.75) is 33.4 Å². The molecule has 0 atom stereocenters. The van der Waals surface area contributed by atoms with Gasteiger partial charge in [-0.2, -0.15) is 0 Å². The lowest BCUT2D eigenvalue weighted by atomic mass is 10.1. The average Bonchev–Trinajstić information content (AvgIpc) is 2.41. The molecule has 0 amide bonds. The summed E-state index contributed by atoms with van der Waals surface area (Å²) in [7, 11) is 0. The number of nitrogens with one attached hydrogen (secondary N) is 1. The van der Waals surface area contributed by atoms with Crippen LogP contribution in [0, 0.1) is 6.92 Å². The van der Waals surface area contributed by atoms with Crippen LogP contribution in [-0.4, -0.2) is 6.10 Å². The number of hydrogen-bond donors (Lipinski definition) is 1. The fourth-order valence-corrected chi connectivity index (χ4v) is 2.30. The molecule has 0 fully saturated rings. The molecule has 0 spiro atoms. The molecule has 2 nitrogen and oxygen atoms in total. The minimum atomic E-state index is 0.211. The zero-order valence-electron chi connectivity index (χ0n) is 12.1. The zero-order valence-corrected chi connectivity index (χ0v) is 13.7. The highest BCUT2D eigenvalue weighted by molar-refractivity contribution is 9.10. The Kier molecular flexibility index (Phi) is 5.07. The van der Waals surface area contributed by atoms with Crippen LogP contribution in [0.5, 0.6) is 5.75 Å². The summed E-state index contributed by atoms with van der Waals surface area (Å²) in [5.41, 5.74) is 3.63. The van der Waals surface area contributed by atoms with E-state index in [1.165, 1.54) is 11.1 Å². The summed E-state index contributed by atoms with van der Waals surface area (Å²) >= 11 is 3.50. The van der Waals surface area contributed by atoms with E-state index in [2.05, 4.69) is 58.5 Å². The predicted octanol–water partition coefficient (Wildman–Crippen LogP) is 5.16.